The van der Waals surface area contributed by atoms with Gasteiger partial charge in [-0.1, -0.05) is 54.5 Å². The Kier molecular flexibility index (Phi) is 11.9. The lowest BCUT2D eigenvalue weighted by molar-refractivity contribution is -0.271. The van der Waals surface area contributed by atoms with Crippen molar-refractivity contribution in [3.05, 3.63) is 105 Å². The first-order chi connectivity index (χ1) is 19.3. The fraction of sp³-hybridized carbons (Fsp3) is 0.355. The third kappa shape index (κ3) is 9.02. The number of carbonyl (C=O) groups excluding carboxylic acids is 1. The first-order valence-electron chi connectivity index (χ1n) is 13.4. The maximum atomic E-state index is 11.1. The van der Waals surface area contributed by atoms with Gasteiger partial charge in [-0.15, -0.1) is 0 Å². The monoisotopic (exact) mass is 566 g/mol. The quantitative estimate of drug-likeness (QED) is 0.103. The topological polar surface area (TPSA) is 112 Å². The molecular formula is C31H38N2O6S. The lowest BCUT2D eigenvalue weighted by atomic mass is 10.1. The molecule has 1 heterocycles. The van der Waals surface area contributed by atoms with Crippen LogP contribution < -0.4 is 10.3 Å². The van der Waals surface area contributed by atoms with Crippen LogP contribution in [-0.2, 0) is 17.1 Å². The van der Waals surface area contributed by atoms with Gasteiger partial charge < -0.3 is 19.7 Å². The minimum Gasteiger partial charge on any atom is -0.493 e. The average molecular weight is 567 g/mol. The highest BCUT2D eigenvalue weighted by Gasteiger charge is 2.42. The molecule has 4 rings (SSSR count). The Labute approximate surface area is 239 Å². The highest BCUT2D eigenvalue weighted by molar-refractivity contribution is 7.05. The summed E-state index contributed by atoms with van der Waals surface area (Å²) < 4.78 is 13.7. The van der Waals surface area contributed by atoms with E-state index in [1.54, 1.807) is 48.3 Å². The summed E-state index contributed by atoms with van der Waals surface area (Å²) in [4.78, 5) is 24.2. The number of aliphatic hydroxyl groups is 2. The van der Waals surface area contributed by atoms with Gasteiger partial charge in [-0.2, -0.15) is 0 Å². The fourth-order valence-corrected chi connectivity index (χ4v) is 4.80. The van der Waals surface area contributed by atoms with Crippen LogP contribution in [0.1, 0.15) is 65.4 Å². The zero-order valence-corrected chi connectivity index (χ0v) is 23.9. The number of hydrogen-bond acceptors (Lipinski definition) is 8. The van der Waals surface area contributed by atoms with Crippen molar-refractivity contribution in [2.45, 2.75) is 57.4 Å². The predicted molar refractivity (Wildman–Crippen MR) is 158 cm³/mol. The molecule has 0 amide bonds. The van der Waals surface area contributed by atoms with Crippen molar-refractivity contribution in [1.82, 2.24) is 9.27 Å². The normalized spacial score (nSPS) is 13.4. The number of nitrogens with zero attached hydrogens (tertiary/aromatic N) is 1. The molecule has 2 aromatic carbocycles. The van der Waals surface area contributed by atoms with Gasteiger partial charge in [0, 0.05) is 28.1 Å². The molecule has 214 valence electrons. The first-order valence-corrected chi connectivity index (χ1v) is 14.2. The number of hydrogen-bond donors (Lipinski definition) is 3. The summed E-state index contributed by atoms with van der Waals surface area (Å²) in [5.41, 5.74) is 1.94. The van der Waals surface area contributed by atoms with Gasteiger partial charge in [0.25, 0.3) is 11.5 Å². The lowest BCUT2D eigenvalue weighted by Gasteiger charge is -2.33. The number of aryl methyl sites for hydroxylation is 1. The average Bonchev–Trinajstić information content (AvgIpc) is 3.74. The summed E-state index contributed by atoms with van der Waals surface area (Å²) in [6.45, 7) is 5.89. The molecule has 8 nitrogen and oxygen atoms in total. The van der Waals surface area contributed by atoms with Gasteiger partial charge in [-0.05, 0) is 70.7 Å². The Morgan fingerprint density at radius 2 is 1.88 bits per heavy atom. The molecule has 40 heavy (non-hydrogen) atoms. The molecule has 3 N–H and O–H groups in total. The molecule has 0 saturated heterocycles. The molecule has 1 saturated carbocycles. The number of aldehydes is 1. The molecule has 0 aliphatic heterocycles. The van der Waals surface area contributed by atoms with Gasteiger partial charge in [0.15, 0.2) is 0 Å². The number of allylic oxidation sites excluding steroid dienone is 1. The first kappa shape index (κ1) is 31.0. The van der Waals surface area contributed by atoms with Gasteiger partial charge in [0.05, 0.1) is 18.4 Å². The molecule has 1 aromatic heterocycles. The molecule has 3 aromatic rings. The number of carbonyl (C=O) groups is 1. The summed E-state index contributed by atoms with van der Waals surface area (Å²) in [6, 6.07) is 16.1. The van der Waals surface area contributed by atoms with Crippen molar-refractivity contribution >= 4 is 23.6 Å². The molecule has 1 aliphatic rings. The summed E-state index contributed by atoms with van der Waals surface area (Å²) in [5, 5.41) is 21.2. The van der Waals surface area contributed by atoms with Crippen LogP contribution >= 0.6 is 11.5 Å². The molecule has 1 aliphatic carbocycles. The summed E-state index contributed by atoms with van der Waals surface area (Å²) in [6.07, 6.45) is 9.75. The highest BCUT2D eigenvalue weighted by atomic mass is 32.1. The van der Waals surface area contributed by atoms with Gasteiger partial charge >= 0.3 is 0 Å². The molecule has 0 bridgehead atoms. The molecule has 1 fully saturated rings. The molecular weight excluding hydrogens is 528 g/mol. The van der Waals surface area contributed by atoms with Crippen molar-refractivity contribution in [3.63, 3.8) is 0 Å². The van der Waals surface area contributed by atoms with Gasteiger partial charge in [-0.25, -0.2) is 4.90 Å². The number of aromatic nitrogens is 1. The number of unbranched alkanes of at least 4 members (excludes halogenated alkanes) is 2. The van der Waals surface area contributed by atoms with Gasteiger partial charge in [-0.3, -0.25) is 14.0 Å². The summed E-state index contributed by atoms with van der Waals surface area (Å²) >= 11 is 1.40. The van der Waals surface area contributed by atoms with E-state index in [9.17, 15) is 19.8 Å². The molecule has 0 radical (unpaired) electrons. The molecule has 0 atom stereocenters. The van der Waals surface area contributed by atoms with E-state index in [2.05, 4.69) is 11.0 Å². The number of aromatic amines is 1. The van der Waals surface area contributed by atoms with Crippen molar-refractivity contribution < 1.29 is 24.5 Å². The third-order valence-electron chi connectivity index (χ3n) is 6.54. The van der Waals surface area contributed by atoms with E-state index in [1.807, 2.05) is 31.2 Å². The van der Waals surface area contributed by atoms with Gasteiger partial charge in [0.2, 0.25) is 0 Å². The van der Waals surface area contributed by atoms with Crippen LogP contribution in [0.5, 0.6) is 5.75 Å². The van der Waals surface area contributed by atoms with E-state index >= 15 is 0 Å². The Hall–Kier alpha value is -3.50. The van der Waals surface area contributed by atoms with E-state index in [0.29, 0.717) is 23.5 Å². The number of ether oxygens (including phenoxy) is 2. The second kappa shape index (κ2) is 15.3. The van der Waals surface area contributed by atoms with E-state index in [1.165, 1.54) is 17.8 Å². The molecule has 9 heteroatoms. The second-order valence-corrected chi connectivity index (χ2v) is 10.4. The van der Waals surface area contributed by atoms with Crippen molar-refractivity contribution in [2.75, 3.05) is 13.7 Å². The van der Waals surface area contributed by atoms with E-state index in [-0.39, 0.29) is 11.6 Å². The van der Waals surface area contributed by atoms with Crippen LogP contribution in [-0.4, -0.2) is 45.5 Å². The van der Waals surface area contributed by atoms with Crippen LogP contribution in [0.4, 0.5) is 0 Å². The predicted octanol–water partition coefficient (Wildman–Crippen LogP) is 5.44. The standard InChI is InChI=1S/C19H26N2O4S.C12H12O2/c1-21(14-10-11-14)19(23,24)16-8-4-5-9-17(16)25-12-6-2-3-7-15-13-18(22)20-26-15;1-3-12(14-4-2)11-7-5-10(9-13)6-8-11/h4-5,8-9,13-14,23-24H,2-3,6-7,10-12H2,1H3,(H,20,22);3-9H,2H2,1H3/b;12-3-. The van der Waals surface area contributed by atoms with E-state index < -0.39 is 5.91 Å². The number of benzene rings is 2. The minimum atomic E-state index is -2.02. The third-order valence-corrected chi connectivity index (χ3v) is 7.43. The zero-order valence-electron chi connectivity index (χ0n) is 23.0. The fourth-order valence-electron chi connectivity index (χ4n) is 4.10. The van der Waals surface area contributed by atoms with E-state index in [4.69, 9.17) is 9.47 Å². The van der Waals surface area contributed by atoms with Crippen LogP contribution in [0.15, 0.2) is 78.3 Å². The molecule has 0 unspecified atom stereocenters. The number of rotatable bonds is 14. The van der Waals surface area contributed by atoms with E-state index in [0.717, 1.165) is 61.0 Å². The minimum absolute atomic E-state index is 0.0300. The summed E-state index contributed by atoms with van der Waals surface area (Å²) in [5.74, 6) is -0.782. The Morgan fingerprint density at radius 1 is 1.15 bits per heavy atom. The second-order valence-electron chi connectivity index (χ2n) is 9.49. The van der Waals surface area contributed by atoms with Crippen molar-refractivity contribution in [1.29, 1.82) is 0 Å². The van der Waals surface area contributed by atoms with Crippen LogP contribution in [0.2, 0.25) is 0 Å². The Morgan fingerprint density at radius 3 is 2.48 bits per heavy atom. The highest BCUT2D eigenvalue weighted by Crippen LogP contribution is 2.37. The zero-order chi connectivity index (χ0) is 29.0. The number of H-pyrrole nitrogens is 1. The van der Waals surface area contributed by atoms with Crippen LogP contribution in [0.3, 0.4) is 0 Å². The SMILES string of the molecule is C=CO/C(=C\C)c1ccc(C=O)cc1.CN(C1CC1)C(O)(O)c1ccccc1OCCCCCc1cc(=O)[nH]s1. The maximum absolute atomic E-state index is 11.1. The summed E-state index contributed by atoms with van der Waals surface area (Å²) in [7, 11) is 1.73. The Bertz CT molecular complexity index is 1310. The molecule has 0 spiro atoms. The maximum Gasteiger partial charge on any atom is 0.258 e. The van der Waals surface area contributed by atoms with Crippen LogP contribution in [0.25, 0.3) is 5.76 Å². The van der Waals surface area contributed by atoms with Gasteiger partial charge in [0.1, 0.15) is 17.8 Å². The van der Waals surface area contributed by atoms with Crippen LogP contribution in [0, 0.1) is 0 Å². The smallest absolute Gasteiger partial charge is 0.258 e. The number of para-hydroxylation sites is 1. The van der Waals surface area contributed by atoms with Crippen molar-refractivity contribution in [2.24, 2.45) is 0 Å². The number of nitrogens with one attached hydrogen (secondary N) is 1. The largest absolute Gasteiger partial charge is 0.493 e. The lowest BCUT2D eigenvalue weighted by Crippen LogP contribution is -2.45. The van der Waals surface area contributed by atoms with Crippen molar-refractivity contribution in [3.8, 4) is 5.75 Å². The Balaban J connectivity index is 0.000000267.